The van der Waals surface area contributed by atoms with Crippen LogP contribution in [0.15, 0.2) is 65.6 Å². The minimum absolute atomic E-state index is 0.00291. The molecule has 7 nitrogen and oxygen atoms in total. The molecule has 1 aliphatic heterocycles. The van der Waals surface area contributed by atoms with Crippen LogP contribution in [0.25, 0.3) is 6.08 Å². The van der Waals surface area contributed by atoms with Crippen molar-refractivity contribution >= 4 is 22.0 Å². The topological polar surface area (TPSA) is 99.1 Å². The molecule has 0 atom stereocenters. The normalized spacial score (nSPS) is 13.9. The lowest BCUT2D eigenvalue weighted by Crippen LogP contribution is -2.27. The number of Topliss-reactive ketones (excluding diaryl/α,β-unsaturated/α-hetero) is 1. The summed E-state index contributed by atoms with van der Waals surface area (Å²) in [6.07, 6.45) is 5.26. The van der Waals surface area contributed by atoms with Crippen molar-refractivity contribution in [2.24, 2.45) is 0 Å². The Morgan fingerprint density at radius 2 is 1.79 bits per heavy atom. The molecule has 1 heterocycles. The second-order valence-corrected chi connectivity index (χ2v) is 11.4. The fourth-order valence-electron chi connectivity index (χ4n) is 4.17. The number of ether oxygens (including phenoxy) is 2. The van der Waals surface area contributed by atoms with Gasteiger partial charge < -0.3 is 18.8 Å². The standard InChI is InChI=1S/C30H32O7S/c1-5-6-21-9-13-24(28(17-21)37-38(33,34)23-11-7-20(2)8-12-23)26(32)19-35-29-22(18-31)10-14-27-25(29)15-16-30(3,4)36-27/h7-17,31H,5-6,18-19H2,1-4H3. The van der Waals surface area contributed by atoms with Gasteiger partial charge in [0.15, 0.2) is 12.4 Å². The van der Waals surface area contributed by atoms with Crippen molar-refractivity contribution in [1.29, 1.82) is 0 Å². The molecule has 0 bridgehead atoms. The van der Waals surface area contributed by atoms with Crippen molar-refractivity contribution < 1.29 is 32.0 Å². The molecule has 0 fully saturated rings. The van der Waals surface area contributed by atoms with Gasteiger partial charge in [-0.05, 0) is 81.3 Å². The van der Waals surface area contributed by atoms with Crippen molar-refractivity contribution in [1.82, 2.24) is 0 Å². The number of aliphatic hydroxyl groups is 1. The maximum Gasteiger partial charge on any atom is 0.339 e. The molecule has 0 spiro atoms. The zero-order valence-corrected chi connectivity index (χ0v) is 22.8. The van der Waals surface area contributed by atoms with Gasteiger partial charge in [-0.25, -0.2) is 0 Å². The van der Waals surface area contributed by atoms with Crippen molar-refractivity contribution in [2.75, 3.05) is 6.61 Å². The summed E-state index contributed by atoms with van der Waals surface area (Å²) in [5.74, 6) is 0.397. The molecule has 0 unspecified atom stereocenters. The first-order chi connectivity index (χ1) is 18.0. The summed E-state index contributed by atoms with van der Waals surface area (Å²) in [5, 5.41) is 9.87. The highest BCUT2D eigenvalue weighted by Gasteiger charge is 2.26. The van der Waals surface area contributed by atoms with Gasteiger partial charge in [0.2, 0.25) is 5.78 Å². The third-order valence-corrected chi connectivity index (χ3v) is 7.42. The molecule has 8 heteroatoms. The largest absolute Gasteiger partial charge is 0.484 e. The van der Waals surface area contributed by atoms with Crippen LogP contribution in [0, 0.1) is 6.92 Å². The zero-order valence-electron chi connectivity index (χ0n) is 22.0. The van der Waals surface area contributed by atoms with E-state index in [1.165, 1.54) is 12.1 Å². The Morgan fingerprint density at radius 1 is 1.05 bits per heavy atom. The fraction of sp³-hybridized carbons (Fsp3) is 0.300. The maximum atomic E-state index is 13.3. The van der Waals surface area contributed by atoms with Crippen molar-refractivity contribution in [3.63, 3.8) is 0 Å². The predicted octanol–water partition coefficient (Wildman–Crippen LogP) is 5.65. The number of fused-ring (bicyclic) bond motifs is 1. The maximum absolute atomic E-state index is 13.3. The van der Waals surface area contributed by atoms with Gasteiger partial charge in [-0.15, -0.1) is 0 Å². The number of rotatable bonds is 10. The summed E-state index contributed by atoms with van der Waals surface area (Å²) < 4.78 is 43.5. The van der Waals surface area contributed by atoms with E-state index in [-0.39, 0.29) is 22.8 Å². The van der Waals surface area contributed by atoms with E-state index in [1.807, 2.05) is 39.8 Å². The Kier molecular flexibility index (Phi) is 7.94. The Bertz CT molecular complexity index is 1470. The van der Waals surface area contributed by atoms with Crippen LogP contribution in [-0.4, -0.2) is 31.5 Å². The Labute approximate surface area is 223 Å². The number of carbonyl (C=O) groups excluding carboxylic acids is 1. The van der Waals surface area contributed by atoms with Gasteiger partial charge in [0, 0.05) is 5.56 Å². The molecule has 3 aromatic rings. The third-order valence-electron chi connectivity index (χ3n) is 6.17. The second-order valence-electron chi connectivity index (χ2n) is 9.81. The Morgan fingerprint density at radius 3 is 2.47 bits per heavy atom. The van der Waals surface area contributed by atoms with Crippen LogP contribution in [0.2, 0.25) is 0 Å². The predicted molar refractivity (Wildman–Crippen MR) is 145 cm³/mol. The Hall–Kier alpha value is -3.62. The molecule has 0 aromatic heterocycles. The van der Waals surface area contributed by atoms with Crippen LogP contribution in [0.5, 0.6) is 17.2 Å². The summed E-state index contributed by atoms with van der Waals surface area (Å²) in [4.78, 5) is 13.3. The monoisotopic (exact) mass is 536 g/mol. The number of carbonyl (C=O) groups is 1. The first kappa shape index (κ1) is 27.4. The number of hydrogen-bond acceptors (Lipinski definition) is 7. The molecule has 1 N–H and O–H groups in total. The minimum Gasteiger partial charge on any atom is -0.484 e. The zero-order chi connectivity index (χ0) is 27.5. The summed E-state index contributed by atoms with van der Waals surface area (Å²) in [6.45, 7) is 7.03. The summed E-state index contributed by atoms with van der Waals surface area (Å²) in [7, 11) is -4.17. The van der Waals surface area contributed by atoms with Gasteiger partial charge in [-0.1, -0.05) is 37.1 Å². The average Bonchev–Trinajstić information content (AvgIpc) is 2.86. The van der Waals surface area contributed by atoms with Crippen LogP contribution in [-0.2, 0) is 23.1 Å². The lowest BCUT2D eigenvalue weighted by atomic mass is 9.99. The van der Waals surface area contributed by atoms with Gasteiger partial charge in [0.1, 0.15) is 22.0 Å². The van der Waals surface area contributed by atoms with Gasteiger partial charge in [0.05, 0.1) is 17.7 Å². The van der Waals surface area contributed by atoms with Gasteiger partial charge in [0.25, 0.3) is 0 Å². The molecule has 0 saturated carbocycles. The van der Waals surface area contributed by atoms with Crippen molar-refractivity contribution in [2.45, 2.75) is 57.6 Å². The third kappa shape index (κ3) is 6.09. The number of aryl methyl sites for hydroxylation is 2. The average molecular weight is 537 g/mol. The molecule has 0 radical (unpaired) electrons. The van der Waals surface area contributed by atoms with Crippen LogP contribution in [0.3, 0.4) is 0 Å². The van der Waals surface area contributed by atoms with E-state index in [1.54, 1.807) is 42.5 Å². The van der Waals surface area contributed by atoms with Crippen LogP contribution in [0.4, 0.5) is 0 Å². The molecule has 200 valence electrons. The Balaban J connectivity index is 1.63. The van der Waals surface area contributed by atoms with Crippen LogP contribution in [0.1, 0.15) is 59.8 Å². The highest BCUT2D eigenvalue weighted by molar-refractivity contribution is 7.87. The number of hydrogen-bond donors (Lipinski definition) is 1. The molecule has 0 amide bonds. The number of ketones is 1. The quantitative estimate of drug-likeness (QED) is 0.264. The molecule has 0 aliphatic carbocycles. The second kappa shape index (κ2) is 11.0. The summed E-state index contributed by atoms with van der Waals surface area (Å²) in [6, 6.07) is 14.7. The number of benzene rings is 3. The van der Waals surface area contributed by atoms with Crippen LogP contribution >= 0.6 is 0 Å². The van der Waals surface area contributed by atoms with E-state index in [0.29, 0.717) is 29.0 Å². The minimum atomic E-state index is -4.17. The van der Waals surface area contributed by atoms with Gasteiger partial charge in [-0.2, -0.15) is 8.42 Å². The van der Waals surface area contributed by atoms with Gasteiger partial charge in [-0.3, -0.25) is 4.79 Å². The lowest BCUT2D eigenvalue weighted by molar-refractivity contribution is 0.0916. The molecular formula is C30H32O7S. The van der Waals surface area contributed by atoms with E-state index in [9.17, 15) is 18.3 Å². The molecular weight excluding hydrogens is 504 g/mol. The first-order valence-corrected chi connectivity index (χ1v) is 13.9. The summed E-state index contributed by atoms with van der Waals surface area (Å²) >= 11 is 0. The molecule has 4 rings (SSSR count). The van der Waals surface area contributed by atoms with Crippen LogP contribution < -0.4 is 13.7 Å². The van der Waals surface area contributed by atoms with E-state index in [4.69, 9.17) is 13.7 Å². The highest BCUT2D eigenvalue weighted by Crippen LogP contribution is 2.39. The van der Waals surface area contributed by atoms with Crippen molar-refractivity contribution in [3.05, 3.63) is 88.5 Å². The molecule has 38 heavy (non-hydrogen) atoms. The SMILES string of the molecule is CCCc1ccc(C(=O)COc2c(CO)ccc3c2C=CC(C)(C)O3)c(OS(=O)(=O)c2ccc(C)cc2)c1. The van der Waals surface area contributed by atoms with Crippen molar-refractivity contribution in [3.8, 4) is 17.2 Å². The van der Waals surface area contributed by atoms with E-state index in [0.717, 1.165) is 17.5 Å². The van der Waals surface area contributed by atoms with E-state index < -0.39 is 28.1 Å². The highest BCUT2D eigenvalue weighted by atomic mass is 32.2. The van der Waals surface area contributed by atoms with E-state index >= 15 is 0 Å². The van der Waals surface area contributed by atoms with Gasteiger partial charge >= 0.3 is 10.1 Å². The smallest absolute Gasteiger partial charge is 0.339 e. The molecule has 0 saturated heterocycles. The fourth-order valence-corrected chi connectivity index (χ4v) is 5.11. The molecule has 3 aromatic carbocycles. The van der Waals surface area contributed by atoms with E-state index in [2.05, 4.69) is 0 Å². The molecule has 1 aliphatic rings. The summed E-state index contributed by atoms with van der Waals surface area (Å²) in [5.41, 5.74) is 2.47. The first-order valence-electron chi connectivity index (χ1n) is 12.5. The number of aliphatic hydroxyl groups excluding tert-OH is 1. The lowest BCUT2D eigenvalue weighted by Gasteiger charge is -2.29.